The summed E-state index contributed by atoms with van der Waals surface area (Å²) in [4.78, 5) is 29.0. The third kappa shape index (κ3) is 6.13. The third-order valence-corrected chi connectivity index (χ3v) is 6.66. The summed E-state index contributed by atoms with van der Waals surface area (Å²) in [5.74, 6) is 0.356. The van der Waals surface area contributed by atoms with E-state index in [9.17, 15) is 14.9 Å². The fraction of sp³-hybridized carbons (Fsp3) is 0.160. The molecular weight excluding hydrogens is 607 g/mol. The van der Waals surface area contributed by atoms with Crippen molar-refractivity contribution in [1.82, 2.24) is 9.66 Å². The number of halogens is 4. The van der Waals surface area contributed by atoms with Crippen molar-refractivity contribution < 1.29 is 9.66 Å². The first-order valence-corrected chi connectivity index (χ1v) is 12.9. The molecule has 0 spiro atoms. The summed E-state index contributed by atoms with van der Waals surface area (Å²) in [5, 5.41) is 17.3. The molecular formula is C25H18BrCl3N4O4. The maximum Gasteiger partial charge on any atom is 0.313 e. The predicted molar refractivity (Wildman–Crippen MR) is 150 cm³/mol. The Kier molecular flexibility index (Phi) is 8.49. The minimum Gasteiger partial charge on any atom is -0.481 e. The maximum absolute atomic E-state index is 13.2. The number of hydrogen-bond acceptors (Lipinski definition) is 6. The highest BCUT2D eigenvalue weighted by atomic mass is 79.9. The quantitative estimate of drug-likeness (QED) is 0.115. The topological polar surface area (TPSA) is 99.6 Å². The lowest BCUT2D eigenvalue weighted by Crippen LogP contribution is -2.22. The van der Waals surface area contributed by atoms with Crippen LogP contribution in [0.4, 0.5) is 5.69 Å². The van der Waals surface area contributed by atoms with E-state index in [0.717, 1.165) is 10.9 Å². The van der Waals surface area contributed by atoms with Crippen LogP contribution in [-0.4, -0.2) is 20.8 Å². The number of nitro benzene ring substituents is 1. The van der Waals surface area contributed by atoms with Crippen LogP contribution < -0.4 is 10.3 Å². The van der Waals surface area contributed by atoms with Crippen molar-refractivity contribution in [3.63, 3.8) is 0 Å². The molecule has 0 radical (unpaired) electrons. The summed E-state index contributed by atoms with van der Waals surface area (Å²) >= 11 is 21.8. The number of rotatable bonds is 8. The summed E-state index contributed by atoms with van der Waals surface area (Å²) in [6.07, 6.45) is 2.58. The van der Waals surface area contributed by atoms with Gasteiger partial charge in [-0.1, -0.05) is 63.7 Å². The molecule has 4 aromatic rings. The Hall–Kier alpha value is -2.98. The number of nitro groups is 1. The van der Waals surface area contributed by atoms with Crippen LogP contribution in [0.25, 0.3) is 10.9 Å². The smallest absolute Gasteiger partial charge is 0.313 e. The van der Waals surface area contributed by atoms with Crippen LogP contribution in [0, 0.1) is 10.1 Å². The van der Waals surface area contributed by atoms with E-state index in [0.29, 0.717) is 44.3 Å². The lowest BCUT2D eigenvalue weighted by atomic mass is 10.2. The van der Waals surface area contributed by atoms with Gasteiger partial charge in [0, 0.05) is 38.1 Å². The molecule has 0 saturated heterocycles. The van der Waals surface area contributed by atoms with Crippen molar-refractivity contribution in [2.75, 3.05) is 0 Å². The Morgan fingerprint density at radius 2 is 1.92 bits per heavy atom. The molecule has 12 heteroatoms. The van der Waals surface area contributed by atoms with Crippen LogP contribution in [0.2, 0.25) is 15.1 Å². The first kappa shape index (κ1) is 27.1. The molecule has 0 aliphatic rings. The number of ether oxygens (including phenoxy) is 1. The van der Waals surface area contributed by atoms with Gasteiger partial charge < -0.3 is 4.74 Å². The molecule has 8 nitrogen and oxygen atoms in total. The number of benzene rings is 3. The summed E-state index contributed by atoms with van der Waals surface area (Å²) in [6, 6.07) is 12.8. The van der Waals surface area contributed by atoms with Crippen LogP contribution in [-0.2, 0) is 13.0 Å². The van der Waals surface area contributed by atoms with Crippen molar-refractivity contribution in [1.29, 1.82) is 0 Å². The van der Waals surface area contributed by atoms with Crippen LogP contribution in [0.3, 0.4) is 0 Å². The number of fused-ring (bicyclic) bond motifs is 1. The molecule has 3 aromatic carbocycles. The molecule has 0 saturated carbocycles. The van der Waals surface area contributed by atoms with Crippen molar-refractivity contribution in [2.45, 2.75) is 26.4 Å². The highest BCUT2D eigenvalue weighted by Gasteiger charge is 2.21. The Morgan fingerprint density at radius 3 is 2.62 bits per heavy atom. The largest absolute Gasteiger partial charge is 0.481 e. The van der Waals surface area contributed by atoms with Gasteiger partial charge in [-0.3, -0.25) is 14.9 Å². The van der Waals surface area contributed by atoms with Gasteiger partial charge in [-0.2, -0.15) is 9.78 Å². The third-order valence-electron chi connectivity index (χ3n) is 5.30. The second-order valence-corrected chi connectivity index (χ2v) is 10.1. The van der Waals surface area contributed by atoms with Crippen LogP contribution in [0.15, 0.2) is 62.9 Å². The zero-order valence-electron chi connectivity index (χ0n) is 19.3. The first-order valence-electron chi connectivity index (χ1n) is 11.0. The van der Waals surface area contributed by atoms with Gasteiger partial charge in [0.05, 0.1) is 27.1 Å². The minimum atomic E-state index is -0.605. The molecule has 0 aliphatic heterocycles. The fourth-order valence-corrected chi connectivity index (χ4v) is 4.67. The molecule has 37 heavy (non-hydrogen) atoms. The summed E-state index contributed by atoms with van der Waals surface area (Å²) in [6.45, 7) is 1.91. The summed E-state index contributed by atoms with van der Waals surface area (Å²) < 4.78 is 7.60. The Morgan fingerprint density at radius 1 is 1.14 bits per heavy atom. The molecule has 0 N–H and O–H groups in total. The van der Waals surface area contributed by atoms with Gasteiger partial charge in [0.25, 0.3) is 5.56 Å². The average Bonchev–Trinajstić information content (AvgIpc) is 2.84. The molecule has 0 unspecified atom stereocenters. The van der Waals surface area contributed by atoms with E-state index >= 15 is 0 Å². The van der Waals surface area contributed by atoms with E-state index in [4.69, 9.17) is 39.5 Å². The minimum absolute atomic E-state index is 0.00225. The summed E-state index contributed by atoms with van der Waals surface area (Å²) in [5.41, 5.74) is 0.730. The number of aromatic nitrogens is 2. The van der Waals surface area contributed by atoms with Crippen LogP contribution in [0.1, 0.15) is 30.3 Å². The second-order valence-electron chi connectivity index (χ2n) is 7.93. The fourth-order valence-electron chi connectivity index (χ4n) is 3.56. The standard InChI is InChI=1S/C25H18BrCl3N4O4/c1-2-3-23-31-21-7-5-16(26)10-18(21)25(34)32(23)30-12-14-8-20(29)24(22(9-14)33(35)36)37-13-15-4-6-17(27)11-19(15)28/h4-12H,2-3,13H2,1H3. The molecule has 0 atom stereocenters. The van der Waals surface area contributed by atoms with Crippen molar-refractivity contribution in [3.8, 4) is 5.75 Å². The highest BCUT2D eigenvalue weighted by molar-refractivity contribution is 9.10. The molecule has 1 heterocycles. The number of nitrogens with zero attached hydrogens (tertiary/aromatic N) is 4. The molecule has 0 bridgehead atoms. The number of aryl methyl sites for hydroxylation is 1. The molecule has 0 amide bonds. The normalized spacial score (nSPS) is 11.4. The monoisotopic (exact) mass is 622 g/mol. The van der Waals surface area contributed by atoms with Gasteiger partial charge in [-0.05, 0) is 42.8 Å². The number of hydrogen-bond donors (Lipinski definition) is 0. The predicted octanol–water partition coefficient (Wildman–Crippen LogP) is 7.44. The highest BCUT2D eigenvalue weighted by Crippen LogP contribution is 2.37. The van der Waals surface area contributed by atoms with E-state index < -0.39 is 4.92 Å². The SMILES string of the molecule is CCCc1nc2ccc(Br)cc2c(=O)n1N=Cc1cc(Cl)c(OCc2ccc(Cl)cc2Cl)c([N+](=O)[O-])c1. The lowest BCUT2D eigenvalue weighted by Gasteiger charge is -2.11. The van der Waals surface area contributed by atoms with Crippen molar-refractivity contribution in [3.05, 3.63) is 105 Å². The van der Waals surface area contributed by atoms with Gasteiger partial charge in [0.1, 0.15) is 12.4 Å². The maximum atomic E-state index is 13.2. The molecule has 1 aromatic heterocycles. The molecule has 190 valence electrons. The van der Waals surface area contributed by atoms with E-state index in [-0.39, 0.29) is 28.6 Å². The molecule has 4 rings (SSSR count). The molecule has 0 aliphatic carbocycles. The second kappa shape index (κ2) is 11.6. The first-order chi connectivity index (χ1) is 17.7. The van der Waals surface area contributed by atoms with Crippen LogP contribution in [0.5, 0.6) is 5.75 Å². The Balaban J connectivity index is 1.71. The summed E-state index contributed by atoms with van der Waals surface area (Å²) in [7, 11) is 0. The van der Waals surface area contributed by atoms with Crippen molar-refractivity contribution >= 4 is 73.5 Å². The van der Waals surface area contributed by atoms with Gasteiger partial charge in [0.2, 0.25) is 5.75 Å². The Bertz CT molecular complexity index is 1610. The molecule has 0 fully saturated rings. The van der Waals surface area contributed by atoms with Crippen LogP contribution >= 0.6 is 50.7 Å². The zero-order chi connectivity index (χ0) is 26.7. The zero-order valence-corrected chi connectivity index (χ0v) is 23.1. The van der Waals surface area contributed by atoms with E-state index in [2.05, 4.69) is 26.0 Å². The van der Waals surface area contributed by atoms with Gasteiger partial charge in [0.15, 0.2) is 0 Å². The van der Waals surface area contributed by atoms with E-state index in [1.54, 1.807) is 30.3 Å². The van der Waals surface area contributed by atoms with Gasteiger partial charge in [-0.15, -0.1) is 0 Å². The van der Waals surface area contributed by atoms with Gasteiger partial charge in [-0.25, -0.2) is 4.98 Å². The average molecular weight is 625 g/mol. The van der Waals surface area contributed by atoms with Crippen molar-refractivity contribution in [2.24, 2.45) is 5.10 Å². The van der Waals surface area contributed by atoms with E-state index in [1.165, 1.54) is 23.0 Å². The lowest BCUT2D eigenvalue weighted by molar-refractivity contribution is -0.385. The van der Waals surface area contributed by atoms with Gasteiger partial charge >= 0.3 is 5.69 Å². The Labute approximate surface area is 234 Å². The van der Waals surface area contributed by atoms with E-state index in [1.807, 2.05) is 13.0 Å².